The molecule has 0 saturated heterocycles. The molecular formula is C16H15ClN2O2. The van der Waals surface area contributed by atoms with E-state index in [9.17, 15) is 5.11 Å². The number of hydrogen-bond donors (Lipinski definition) is 1. The van der Waals surface area contributed by atoms with E-state index in [-0.39, 0.29) is 0 Å². The number of hydrogen-bond acceptors (Lipinski definition) is 3. The maximum Gasteiger partial charge on any atom is 0.126 e. The van der Waals surface area contributed by atoms with Gasteiger partial charge in [0, 0.05) is 12.4 Å². The van der Waals surface area contributed by atoms with Crippen LogP contribution in [0.25, 0.3) is 10.8 Å². The summed E-state index contributed by atoms with van der Waals surface area (Å²) in [6.07, 6.45) is 0.687. The van der Waals surface area contributed by atoms with Gasteiger partial charge in [0.25, 0.3) is 0 Å². The average Bonchev–Trinajstić information content (AvgIpc) is 2.84. The number of benzene rings is 2. The second-order valence-corrected chi connectivity index (χ2v) is 5.21. The van der Waals surface area contributed by atoms with E-state index >= 15 is 0 Å². The van der Waals surface area contributed by atoms with Crippen molar-refractivity contribution in [1.82, 2.24) is 9.78 Å². The van der Waals surface area contributed by atoms with Crippen LogP contribution in [0.2, 0.25) is 5.02 Å². The first-order valence-electron chi connectivity index (χ1n) is 6.54. The van der Waals surface area contributed by atoms with Crippen molar-refractivity contribution in [3.8, 4) is 5.75 Å². The normalized spacial score (nSPS) is 12.6. The van der Waals surface area contributed by atoms with Crippen molar-refractivity contribution >= 4 is 22.4 Å². The Morgan fingerprint density at radius 3 is 2.52 bits per heavy atom. The number of aryl methyl sites for hydroxylation is 1. The summed E-state index contributed by atoms with van der Waals surface area (Å²) in [5, 5.41) is 17.1. The van der Waals surface area contributed by atoms with Gasteiger partial charge in [0.05, 0.1) is 24.0 Å². The molecule has 0 aliphatic heterocycles. The summed E-state index contributed by atoms with van der Waals surface area (Å²) in [6.45, 7) is 0. The number of methoxy groups -OCH3 is 1. The molecule has 21 heavy (non-hydrogen) atoms. The SMILES string of the molecule is COc1ccc(C(O)c2c(Cl)cnn2C)c2ccccc12. The third kappa shape index (κ3) is 2.26. The number of halogens is 1. The van der Waals surface area contributed by atoms with Gasteiger partial charge in [-0.2, -0.15) is 5.10 Å². The Labute approximate surface area is 127 Å². The molecule has 0 amide bonds. The van der Waals surface area contributed by atoms with Crippen molar-refractivity contribution in [2.24, 2.45) is 7.05 Å². The quantitative estimate of drug-likeness (QED) is 0.807. The summed E-state index contributed by atoms with van der Waals surface area (Å²) < 4.78 is 6.96. The first-order chi connectivity index (χ1) is 10.1. The van der Waals surface area contributed by atoms with E-state index in [4.69, 9.17) is 16.3 Å². The zero-order valence-corrected chi connectivity index (χ0v) is 12.5. The molecule has 0 aliphatic carbocycles. The van der Waals surface area contributed by atoms with Crippen LogP contribution < -0.4 is 4.74 Å². The lowest BCUT2D eigenvalue weighted by atomic mass is 9.98. The Balaban J connectivity index is 2.22. The predicted molar refractivity (Wildman–Crippen MR) is 82.8 cm³/mol. The van der Waals surface area contributed by atoms with Crippen molar-refractivity contribution in [3.05, 3.63) is 58.9 Å². The van der Waals surface area contributed by atoms with Crippen LogP contribution in [0.4, 0.5) is 0 Å². The van der Waals surface area contributed by atoms with Gasteiger partial charge in [0.1, 0.15) is 11.9 Å². The van der Waals surface area contributed by atoms with E-state index in [0.717, 1.165) is 22.1 Å². The zero-order valence-electron chi connectivity index (χ0n) is 11.7. The highest BCUT2D eigenvalue weighted by Crippen LogP contribution is 2.35. The fourth-order valence-electron chi connectivity index (χ4n) is 2.59. The summed E-state index contributed by atoms with van der Waals surface area (Å²) in [6, 6.07) is 11.5. The van der Waals surface area contributed by atoms with Crippen LogP contribution in [0.3, 0.4) is 0 Å². The second-order valence-electron chi connectivity index (χ2n) is 4.81. The summed E-state index contributed by atoms with van der Waals surface area (Å²) in [5.74, 6) is 0.776. The van der Waals surface area contributed by atoms with Crippen LogP contribution in [0.15, 0.2) is 42.6 Å². The minimum Gasteiger partial charge on any atom is -0.496 e. The molecule has 0 fully saturated rings. The van der Waals surface area contributed by atoms with E-state index in [1.54, 1.807) is 18.8 Å². The molecule has 3 aromatic rings. The minimum atomic E-state index is -0.846. The fourth-order valence-corrected chi connectivity index (χ4v) is 2.86. The number of aliphatic hydroxyl groups excluding tert-OH is 1. The van der Waals surface area contributed by atoms with E-state index in [1.165, 1.54) is 6.20 Å². The van der Waals surface area contributed by atoms with Crippen molar-refractivity contribution in [2.45, 2.75) is 6.10 Å². The number of aliphatic hydroxyl groups is 1. The number of nitrogens with zero attached hydrogens (tertiary/aromatic N) is 2. The van der Waals surface area contributed by atoms with E-state index in [2.05, 4.69) is 5.10 Å². The highest BCUT2D eigenvalue weighted by atomic mass is 35.5. The standard InChI is InChI=1S/C16H15ClN2O2/c1-19-15(13(17)9-18-19)16(20)12-7-8-14(21-2)11-6-4-3-5-10(11)12/h3-9,16,20H,1-2H3. The molecule has 0 radical (unpaired) electrons. The molecule has 1 N–H and O–H groups in total. The number of ether oxygens (including phenoxy) is 1. The summed E-state index contributed by atoms with van der Waals surface area (Å²) in [7, 11) is 3.39. The van der Waals surface area contributed by atoms with Gasteiger partial charge in [0.15, 0.2) is 0 Å². The third-order valence-corrected chi connectivity index (χ3v) is 3.92. The molecule has 1 atom stereocenters. The van der Waals surface area contributed by atoms with Crippen molar-refractivity contribution in [2.75, 3.05) is 7.11 Å². The maximum atomic E-state index is 10.7. The largest absolute Gasteiger partial charge is 0.496 e. The van der Waals surface area contributed by atoms with Crippen LogP contribution in [0.5, 0.6) is 5.75 Å². The zero-order chi connectivity index (χ0) is 15.0. The molecule has 0 bridgehead atoms. The maximum absolute atomic E-state index is 10.7. The van der Waals surface area contributed by atoms with Crippen LogP contribution in [0, 0.1) is 0 Å². The summed E-state index contributed by atoms with van der Waals surface area (Å²) in [4.78, 5) is 0. The minimum absolute atomic E-state index is 0.449. The Bertz CT molecular complexity index is 779. The molecule has 4 nitrogen and oxygen atoms in total. The second kappa shape index (κ2) is 5.39. The van der Waals surface area contributed by atoms with Gasteiger partial charge in [-0.15, -0.1) is 0 Å². The monoisotopic (exact) mass is 302 g/mol. The average molecular weight is 303 g/mol. The lowest BCUT2D eigenvalue weighted by molar-refractivity contribution is 0.211. The summed E-state index contributed by atoms with van der Waals surface area (Å²) in [5.41, 5.74) is 1.35. The molecule has 1 heterocycles. The molecule has 1 aromatic heterocycles. The molecule has 3 rings (SSSR count). The number of fused-ring (bicyclic) bond motifs is 1. The molecule has 108 valence electrons. The molecular weight excluding hydrogens is 288 g/mol. The molecule has 0 saturated carbocycles. The topological polar surface area (TPSA) is 47.3 Å². The smallest absolute Gasteiger partial charge is 0.126 e. The van der Waals surface area contributed by atoms with Gasteiger partial charge in [-0.25, -0.2) is 0 Å². The Morgan fingerprint density at radius 2 is 1.90 bits per heavy atom. The Morgan fingerprint density at radius 1 is 1.19 bits per heavy atom. The highest BCUT2D eigenvalue weighted by Gasteiger charge is 2.21. The third-order valence-electron chi connectivity index (χ3n) is 3.63. The molecule has 1 unspecified atom stereocenters. The van der Waals surface area contributed by atoms with Crippen LogP contribution in [-0.4, -0.2) is 22.0 Å². The van der Waals surface area contributed by atoms with E-state index in [0.29, 0.717) is 10.7 Å². The molecule has 0 aliphatic rings. The molecule has 5 heteroatoms. The number of aromatic nitrogens is 2. The van der Waals surface area contributed by atoms with Gasteiger partial charge in [-0.05, 0) is 17.0 Å². The van der Waals surface area contributed by atoms with Crippen molar-refractivity contribution in [1.29, 1.82) is 0 Å². The van der Waals surface area contributed by atoms with Crippen molar-refractivity contribution in [3.63, 3.8) is 0 Å². The lowest BCUT2D eigenvalue weighted by Gasteiger charge is -2.16. The number of rotatable bonds is 3. The summed E-state index contributed by atoms with van der Waals surface area (Å²) >= 11 is 6.13. The lowest BCUT2D eigenvalue weighted by Crippen LogP contribution is -2.08. The Hall–Kier alpha value is -2.04. The fraction of sp³-hybridized carbons (Fsp3) is 0.188. The van der Waals surface area contributed by atoms with Gasteiger partial charge in [-0.3, -0.25) is 4.68 Å². The van der Waals surface area contributed by atoms with Gasteiger partial charge >= 0.3 is 0 Å². The van der Waals surface area contributed by atoms with E-state index in [1.807, 2.05) is 36.4 Å². The van der Waals surface area contributed by atoms with E-state index < -0.39 is 6.10 Å². The van der Waals surface area contributed by atoms with Crippen LogP contribution in [-0.2, 0) is 7.05 Å². The molecule has 2 aromatic carbocycles. The predicted octanol–water partition coefficient (Wildman–Crippen LogP) is 3.32. The Kier molecular flexibility index (Phi) is 3.57. The van der Waals surface area contributed by atoms with Gasteiger partial charge in [-0.1, -0.05) is 41.9 Å². The van der Waals surface area contributed by atoms with Gasteiger partial charge in [0.2, 0.25) is 0 Å². The highest BCUT2D eigenvalue weighted by molar-refractivity contribution is 6.31. The first kappa shape index (κ1) is 13.9. The van der Waals surface area contributed by atoms with Crippen LogP contribution in [0.1, 0.15) is 17.4 Å². The molecule has 0 spiro atoms. The van der Waals surface area contributed by atoms with Gasteiger partial charge < -0.3 is 9.84 Å². The van der Waals surface area contributed by atoms with Crippen LogP contribution >= 0.6 is 11.6 Å². The van der Waals surface area contributed by atoms with Crippen molar-refractivity contribution < 1.29 is 9.84 Å². The first-order valence-corrected chi connectivity index (χ1v) is 6.92.